The topological polar surface area (TPSA) is 80.1 Å². The first-order chi connectivity index (χ1) is 18.9. The van der Waals surface area contributed by atoms with E-state index in [0.29, 0.717) is 17.9 Å². The third kappa shape index (κ3) is 3.34. The molecule has 1 aromatic heterocycles. The molecule has 0 saturated carbocycles. The Morgan fingerprint density at radius 1 is 1.03 bits per heavy atom. The SMILES string of the molecule is Cc1ccc(CN2C(=O)C3(c4ccccc42)c2c(oc4ccc(F)cc4c2=O)C(=O)N3CC2CCCO2)cc1. The summed E-state index contributed by atoms with van der Waals surface area (Å²) in [5.41, 5.74) is 0.831. The monoisotopic (exact) mass is 524 g/mol. The number of nitrogens with zero attached hydrogens (tertiary/aromatic N) is 2. The molecule has 4 aromatic rings. The fourth-order valence-electron chi connectivity index (χ4n) is 6.24. The lowest BCUT2D eigenvalue weighted by atomic mass is 9.83. The molecule has 7 nitrogen and oxygen atoms in total. The predicted octanol–water partition coefficient (Wildman–Crippen LogP) is 4.67. The van der Waals surface area contributed by atoms with Gasteiger partial charge in [-0.25, -0.2) is 4.39 Å². The van der Waals surface area contributed by atoms with Crippen LogP contribution in [0.1, 0.15) is 45.7 Å². The number of fused-ring (bicyclic) bond motifs is 5. The number of hydrogen-bond donors (Lipinski definition) is 0. The van der Waals surface area contributed by atoms with Crippen LogP contribution in [0.25, 0.3) is 11.0 Å². The maximum absolute atomic E-state index is 14.7. The number of rotatable bonds is 4. The van der Waals surface area contributed by atoms with Crippen molar-refractivity contribution < 1.29 is 23.1 Å². The van der Waals surface area contributed by atoms with E-state index < -0.39 is 28.6 Å². The molecule has 0 radical (unpaired) electrons. The van der Waals surface area contributed by atoms with E-state index in [2.05, 4.69) is 0 Å². The molecule has 8 heteroatoms. The van der Waals surface area contributed by atoms with Crippen LogP contribution in [-0.2, 0) is 21.6 Å². The summed E-state index contributed by atoms with van der Waals surface area (Å²) in [5.74, 6) is -1.76. The number of anilines is 1. The van der Waals surface area contributed by atoms with Crippen molar-refractivity contribution in [2.75, 3.05) is 18.1 Å². The van der Waals surface area contributed by atoms with Gasteiger partial charge >= 0.3 is 0 Å². The van der Waals surface area contributed by atoms with Gasteiger partial charge in [-0.2, -0.15) is 0 Å². The Morgan fingerprint density at radius 3 is 2.59 bits per heavy atom. The van der Waals surface area contributed by atoms with Crippen molar-refractivity contribution in [3.8, 4) is 0 Å². The van der Waals surface area contributed by atoms with Crippen LogP contribution < -0.4 is 10.3 Å². The van der Waals surface area contributed by atoms with E-state index >= 15 is 0 Å². The second-order valence-corrected chi connectivity index (χ2v) is 10.4. The summed E-state index contributed by atoms with van der Waals surface area (Å²) in [6.07, 6.45) is 1.29. The zero-order valence-electron chi connectivity index (χ0n) is 21.3. The van der Waals surface area contributed by atoms with Crippen LogP contribution in [0.15, 0.2) is 75.9 Å². The van der Waals surface area contributed by atoms with Crippen LogP contribution in [0.5, 0.6) is 0 Å². The molecule has 1 fully saturated rings. The van der Waals surface area contributed by atoms with E-state index in [-0.39, 0.29) is 41.5 Å². The van der Waals surface area contributed by atoms with E-state index in [1.807, 2.05) is 43.3 Å². The second-order valence-electron chi connectivity index (χ2n) is 10.4. The second kappa shape index (κ2) is 8.61. The Bertz CT molecular complexity index is 1720. The Labute approximate surface area is 223 Å². The normalized spacial score (nSPS) is 21.8. The van der Waals surface area contributed by atoms with Crippen molar-refractivity contribution in [1.29, 1.82) is 0 Å². The number of ether oxygens (including phenoxy) is 1. The van der Waals surface area contributed by atoms with Crippen molar-refractivity contribution >= 4 is 28.5 Å². The van der Waals surface area contributed by atoms with E-state index in [0.717, 1.165) is 30.0 Å². The van der Waals surface area contributed by atoms with Gasteiger partial charge in [-0.15, -0.1) is 0 Å². The minimum absolute atomic E-state index is 0.0119. The maximum Gasteiger partial charge on any atom is 0.291 e. The summed E-state index contributed by atoms with van der Waals surface area (Å²) in [4.78, 5) is 46.0. The van der Waals surface area contributed by atoms with Gasteiger partial charge in [-0.1, -0.05) is 48.0 Å². The van der Waals surface area contributed by atoms with Crippen LogP contribution in [0, 0.1) is 12.7 Å². The van der Waals surface area contributed by atoms with E-state index in [1.165, 1.54) is 17.0 Å². The highest BCUT2D eigenvalue weighted by Crippen LogP contribution is 2.53. The number of benzene rings is 3. The number of aryl methyl sites for hydroxylation is 1. The number of amides is 2. The van der Waals surface area contributed by atoms with Gasteiger partial charge in [0.15, 0.2) is 11.0 Å². The van der Waals surface area contributed by atoms with Gasteiger partial charge < -0.3 is 19.0 Å². The van der Waals surface area contributed by atoms with Crippen LogP contribution in [-0.4, -0.2) is 36.0 Å². The molecular formula is C31H25FN2O5. The zero-order valence-corrected chi connectivity index (χ0v) is 21.3. The minimum atomic E-state index is -1.75. The quantitative estimate of drug-likeness (QED) is 0.388. The Morgan fingerprint density at radius 2 is 1.82 bits per heavy atom. The summed E-state index contributed by atoms with van der Waals surface area (Å²) in [6.45, 7) is 2.93. The molecule has 1 spiro atoms. The molecule has 196 valence electrons. The molecule has 4 heterocycles. The summed E-state index contributed by atoms with van der Waals surface area (Å²) >= 11 is 0. The molecular weight excluding hydrogens is 499 g/mol. The van der Waals surface area contributed by atoms with Gasteiger partial charge in [0.2, 0.25) is 5.76 Å². The highest BCUT2D eigenvalue weighted by atomic mass is 19.1. The molecule has 3 aliphatic rings. The van der Waals surface area contributed by atoms with Crippen LogP contribution >= 0.6 is 0 Å². The Hall–Kier alpha value is -4.30. The maximum atomic E-state index is 14.7. The standard InChI is InChI=1S/C31H25FN2O5/c1-18-8-10-19(11-9-18)16-33-24-7-3-2-6-23(24)31(30(33)37)26-27(35)22-15-20(32)12-13-25(22)39-28(26)29(36)34(31)17-21-5-4-14-38-21/h2-3,6-13,15,21H,4-5,14,16-17H2,1H3. The van der Waals surface area contributed by atoms with Crippen molar-refractivity contribution in [3.63, 3.8) is 0 Å². The summed E-state index contributed by atoms with van der Waals surface area (Å²) in [6, 6.07) is 18.7. The summed E-state index contributed by atoms with van der Waals surface area (Å²) in [7, 11) is 0. The largest absolute Gasteiger partial charge is 0.450 e. The highest BCUT2D eigenvalue weighted by Gasteiger charge is 2.65. The molecule has 3 aliphatic heterocycles. The molecule has 2 amide bonds. The first kappa shape index (κ1) is 23.8. The minimum Gasteiger partial charge on any atom is -0.450 e. The van der Waals surface area contributed by atoms with Gasteiger partial charge in [0.1, 0.15) is 11.4 Å². The average Bonchev–Trinajstić information content (AvgIpc) is 3.60. The number of carbonyl (C=O) groups excluding carboxylic acids is 2. The first-order valence-corrected chi connectivity index (χ1v) is 13.1. The van der Waals surface area contributed by atoms with Crippen LogP contribution in [0.2, 0.25) is 0 Å². The van der Waals surface area contributed by atoms with Crippen molar-refractivity contribution in [3.05, 3.63) is 111 Å². The van der Waals surface area contributed by atoms with Gasteiger partial charge in [0, 0.05) is 18.7 Å². The van der Waals surface area contributed by atoms with Crippen molar-refractivity contribution in [1.82, 2.24) is 4.90 Å². The molecule has 7 rings (SSSR count). The fraction of sp³-hybridized carbons (Fsp3) is 0.258. The van der Waals surface area contributed by atoms with E-state index in [1.54, 1.807) is 17.0 Å². The molecule has 0 aliphatic carbocycles. The molecule has 39 heavy (non-hydrogen) atoms. The molecule has 1 saturated heterocycles. The highest BCUT2D eigenvalue weighted by molar-refractivity contribution is 6.17. The fourth-order valence-corrected chi connectivity index (χ4v) is 6.24. The molecule has 2 atom stereocenters. The van der Waals surface area contributed by atoms with Crippen LogP contribution in [0.3, 0.4) is 0 Å². The van der Waals surface area contributed by atoms with Crippen molar-refractivity contribution in [2.45, 2.75) is 38.0 Å². The predicted molar refractivity (Wildman–Crippen MR) is 142 cm³/mol. The lowest BCUT2D eigenvalue weighted by molar-refractivity contribution is -0.126. The third-order valence-corrected chi connectivity index (χ3v) is 8.07. The lowest BCUT2D eigenvalue weighted by Gasteiger charge is -2.35. The molecule has 0 bridgehead atoms. The lowest BCUT2D eigenvalue weighted by Crippen LogP contribution is -2.55. The number of carbonyl (C=O) groups is 2. The third-order valence-electron chi connectivity index (χ3n) is 8.07. The van der Waals surface area contributed by atoms with Crippen LogP contribution in [0.4, 0.5) is 10.1 Å². The molecule has 3 aromatic carbocycles. The molecule has 0 N–H and O–H groups in total. The Balaban J connectivity index is 1.49. The number of hydrogen-bond acceptors (Lipinski definition) is 5. The van der Waals surface area contributed by atoms with E-state index in [9.17, 15) is 18.8 Å². The smallest absolute Gasteiger partial charge is 0.291 e. The zero-order chi connectivity index (χ0) is 26.9. The first-order valence-electron chi connectivity index (χ1n) is 13.1. The van der Waals surface area contributed by atoms with Crippen molar-refractivity contribution in [2.24, 2.45) is 0 Å². The van der Waals surface area contributed by atoms with Gasteiger partial charge in [-0.05, 0) is 49.6 Å². The summed E-state index contributed by atoms with van der Waals surface area (Å²) in [5, 5.41) is -0.0119. The van der Waals surface area contributed by atoms with Gasteiger partial charge in [-0.3, -0.25) is 14.4 Å². The van der Waals surface area contributed by atoms with E-state index in [4.69, 9.17) is 9.15 Å². The van der Waals surface area contributed by atoms with Gasteiger partial charge in [0.25, 0.3) is 11.8 Å². The molecule has 2 unspecified atom stereocenters. The number of halogens is 1. The summed E-state index contributed by atoms with van der Waals surface area (Å²) < 4.78 is 26.1. The average molecular weight is 525 g/mol. The number of para-hydroxylation sites is 1. The van der Waals surface area contributed by atoms with Gasteiger partial charge in [0.05, 0.1) is 29.3 Å². The Kier molecular flexibility index (Phi) is 5.25.